The van der Waals surface area contributed by atoms with Gasteiger partial charge in [-0.3, -0.25) is 14.2 Å². The molecule has 31 heavy (non-hydrogen) atoms. The van der Waals surface area contributed by atoms with Crippen molar-refractivity contribution in [2.75, 3.05) is 18.6 Å². The second-order valence-corrected chi connectivity index (χ2v) is 8.15. The molecular weight excluding hydrogens is 422 g/mol. The smallest absolute Gasteiger partial charge is 0.281 e. The van der Waals surface area contributed by atoms with Crippen molar-refractivity contribution >= 4 is 33.0 Å². The van der Waals surface area contributed by atoms with Crippen molar-refractivity contribution in [2.24, 2.45) is 0 Å². The van der Waals surface area contributed by atoms with E-state index in [-0.39, 0.29) is 43.0 Å². The van der Waals surface area contributed by atoms with E-state index in [9.17, 15) is 14.7 Å². The van der Waals surface area contributed by atoms with Crippen LogP contribution < -0.4 is 15.2 Å². The van der Waals surface area contributed by atoms with Gasteiger partial charge < -0.3 is 14.7 Å². The van der Waals surface area contributed by atoms with E-state index in [4.69, 9.17) is 4.74 Å². The summed E-state index contributed by atoms with van der Waals surface area (Å²) in [6.45, 7) is -0.0136. The molecule has 12 heteroatoms. The van der Waals surface area contributed by atoms with Gasteiger partial charge in [-0.1, -0.05) is 18.2 Å². The maximum absolute atomic E-state index is 12.8. The molecule has 1 aliphatic heterocycles. The van der Waals surface area contributed by atoms with Crippen molar-refractivity contribution in [3.05, 3.63) is 57.7 Å². The number of carbonyl (C=O) groups is 1. The Morgan fingerprint density at radius 1 is 1.29 bits per heavy atom. The first-order valence-electron chi connectivity index (χ1n) is 9.41. The largest absolute Gasteiger partial charge is 0.466 e. The summed E-state index contributed by atoms with van der Waals surface area (Å²) in [5, 5.41) is 23.8. The lowest BCUT2D eigenvalue weighted by atomic mass is 10.2. The molecule has 3 aromatic heterocycles. The maximum atomic E-state index is 12.8. The first kappa shape index (κ1) is 19.3. The number of hydrogen-bond acceptors (Lipinski definition) is 9. The Labute approximate surface area is 179 Å². The number of aliphatic hydroxyl groups is 1. The van der Waals surface area contributed by atoms with Crippen LogP contribution in [0.25, 0.3) is 10.1 Å². The minimum atomic E-state index is -0.788. The van der Waals surface area contributed by atoms with E-state index in [2.05, 4.69) is 20.4 Å². The van der Waals surface area contributed by atoms with Gasteiger partial charge in [-0.2, -0.15) is 4.80 Å². The minimum Gasteiger partial charge on any atom is -0.466 e. The average molecular weight is 439 g/mol. The number of aliphatic hydroxyl groups excluding tert-OH is 1. The Morgan fingerprint density at radius 2 is 2.13 bits per heavy atom. The lowest BCUT2D eigenvalue weighted by molar-refractivity contribution is -0.121. The number of fused-ring (bicyclic) bond motifs is 2. The van der Waals surface area contributed by atoms with E-state index in [1.807, 2.05) is 30.3 Å². The molecule has 11 nitrogen and oxygen atoms in total. The van der Waals surface area contributed by atoms with Gasteiger partial charge >= 0.3 is 0 Å². The molecule has 158 valence electrons. The predicted molar refractivity (Wildman–Crippen MR) is 111 cm³/mol. The molecule has 0 bridgehead atoms. The number of carbonyl (C=O) groups excluding carboxylic acids is 1. The summed E-state index contributed by atoms with van der Waals surface area (Å²) >= 11 is 1.51. The molecule has 0 saturated carbocycles. The third-order valence-electron chi connectivity index (χ3n) is 4.94. The SMILES string of the molecule is CN1C(=O)COc2ncn(Cc3nnn(C[C@H](O)c4cc5ccccc5s4)n3)c(=O)c21. The zero-order chi connectivity index (χ0) is 21.5. The van der Waals surface area contributed by atoms with Crippen molar-refractivity contribution in [3.63, 3.8) is 0 Å². The lowest BCUT2D eigenvalue weighted by Gasteiger charge is -2.24. The number of ether oxygens (including phenoxy) is 1. The fourth-order valence-electron chi connectivity index (χ4n) is 3.30. The molecule has 0 saturated heterocycles. The monoisotopic (exact) mass is 439 g/mol. The quantitative estimate of drug-likeness (QED) is 0.478. The van der Waals surface area contributed by atoms with Crippen molar-refractivity contribution in [1.82, 2.24) is 29.8 Å². The number of aromatic nitrogens is 6. The number of benzene rings is 1. The first-order chi connectivity index (χ1) is 15.0. The van der Waals surface area contributed by atoms with Crippen LogP contribution in [0.15, 0.2) is 41.5 Å². The minimum absolute atomic E-state index is 0.0140. The van der Waals surface area contributed by atoms with Crippen LogP contribution in [0.1, 0.15) is 16.8 Å². The second-order valence-electron chi connectivity index (χ2n) is 7.04. The van der Waals surface area contributed by atoms with Crippen LogP contribution in [-0.4, -0.2) is 54.4 Å². The van der Waals surface area contributed by atoms with E-state index in [0.717, 1.165) is 15.0 Å². The molecule has 4 aromatic rings. The average Bonchev–Trinajstić information content (AvgIpc) is 3.39. The molecule has 0 spiro atoms. The molecule has 4 heterocycles. The van der Waals surface area contributed by atoms with Gasteiger partial charge in [0.2, 0.25) is 5.88 Å². The number of anilines is 1. The number of thiophene rings is 1. The van der Waals surface area contributed by atoms with Crippen LogP contribution in [0.5, 0.6) is 5.88 Å². The number of tetrazole rings is 1. The van der Waals surface area contributed by atoms with Crippen LogP contribution in [0, 0.1) is 0 Å². The number of rotatable bonds is 5. The zero-order valence-electron chi connectivity index (χ0n) is 16.4. The molecule has 1 amide bonds. The fourth-order valence-corrected chi connectivity index (χ4v) is 4.34. The number of likely N-dealkylation sites (N-methyl/N-ethyl adjacent to an activating group) is 1. The number of nitrogens with zero attached hydrogens (tertiary/aromatic N) is 7. The highest BCUT2D eigenvalue weighted by Crippen LogP contribution is 2.30. The van der Waals surface area contributed by atoms with Crippen LogP contribution >= 0.6 is 11.3 Å². The highest BCUT2D eigenvalue weighted by Gasteiger charge is 2.27. The van der Waals surface area contributed by atoms with Crippen molar-refractivity contribution in [3.8, 4) is 5.88 Å². The van der Waals surface area contributed by atoms with Crippen molar-refractivity contribution in [2.45, 2.75) is 19.2 Å². The highest BCUT2D eigenvalue weighted by atomic mass is 32.1. The number of hydrogen-bond donors (Lipinski definition) is 1. The molecule has 1 atom stereocenters. The van der Waals surface area contributed by atoms with E-state index in [1.54, 1.807) is 0 Å². The van der Waals surface area contributed by atoms with E-state index in [0.29, 0.717) is 0 Å². The normalized spacial score (nSPS) is 14.5. The summed E-state index contributed by atoms with van der Waals surface area (Å²) < 4.78 is 7.59. The molecule has 1 aliphatic rings. The summed E-state index contributed by atoms with van der Waals surface area (Å²) in [5.74, 6) is 0.0629. The van der Waals surface area contributed by atoms with Gasteiger partial charge in [0, 0.05) is 16.6 Å². The molecule has 0 radical (unpaired) electrons. The predicted octanol–water partition coefficient (Wildman–Crippen LogP) is 0.582. The Morgan fingerprint density at radius 3 is 2.97 bits per heavy atom. The lowest BCUT2D eigenvalue weighted by Crippen LogP contribution is -2.41. The van der Waals surface area contributed by atoms with E-state index >= 15 is 0 Å². The molecule has 0 fully saturated rings. The summed E-state index contributed by atoms with van der Waals surface area (Å²) in [5.41, 5.74) is -0.367. The third-order valence-corrected chi connectivity index (χ3v) is 6.15. The second kappa shape index (κ2) is 7.56. The van der Waals surface area contributed by atoms with Gasteiger partial charge in [-0.05, 0) is 22.7 Å². The van der Waals surface area contributed by atoms with Gasteiger partial charge in [0.25, 0.3) is 11.5 Å². The molecule has 5 rings (SSSR count). The van der Waals surface area contributed by atoms with Gasteiger partial charge in [0.15, 0.2) is 18.1 Å². The van der Waals surface area contributed by atoms with Gasteiger partial charge in [-0.15, -0.1) is 21.5 Å². The number of amides is 1. The molecular formula is C19H17N7O4S. The zero-order valence-corrected chi connectivity index (χ0v) is 17.2. The standard InChI is InChI=1S/C19H17N7O4S/c1-24-16(28)9-30-18-17(24)19(29)25(10-20-18)8-15-21-23-26(22-15)7-12(27)14-6-11-4-2-3-5-13(11)31-14/h2-6,10,12,27H,7-9H2,1H3/t12-/m0/s1. The summed E-state index contributed by atoms with van der Waals surface area (Å²) in [6, 6.07) is 9.85. The van der Waals surface area contributed by atoms with Crippen LogP contribution in [0.2, 0.25) is 0 Å². The fraction of sp³-hybridized carbons (Fsp3) is 0.263. The van der Waals surface area contributed by atoms with Crippen molar-refractivity contribution < 1.29 is 14.6 Å². The Hall–Kier alpha value is -3.64. The van der Waals surface area contributed by atoms with Gasteiger partial charge in [0.05, 0.1) is 13.1 Å². The molecule has 0 aliphatic carbocycles. The van der Waals surface area contributed by atoms with Crippen LogP contribution in [0.3, 0.4) is 0 Å². The first-order valence-corrected chi connectivity index (χ1v) is 10.2. The van der Waals surface area contributed by atoms with Gasteiger partial charge in [-0.25, -0.2) is 4.98 Å². The molecule has 0 unspecified atom stereocenters. The van der Waals surface area contributed by atoms with Crippen LogP contribution in [0.4, 0.5) is 5.69 Å². The summed E-state index contributed by atoms with van der Waals surface area (Å²) in [6.07, 6.45) is 0.529. The van der Waals surface area contributed by atoms with Gasteiger partial charge in [0.1, 0.15) is 12.4 Å². The maximum Gasteiger partial charge on any atom is 0.281 e. The Bertz CT molecular complexity index is 1310. The van der Waals surface area contributed by atoms with E-state index in [1.165, 1.54) is 39.0 Å². The molecule has 1 aromatic carbocycles. The Kier molecular flexibility index (Phi) is 4.71. The van der Waals surface area contributed by atoms with Crippen molar-refractivity contribution in [1.29, 1.82) is 0 Å². The summed E-state index contributed by atoms with van der Waals surface area (Å²) in [7, 11) is 1.50. The highest BCUT2D eigenvalue weighted by molar-refractivity contribution is 7.19. The topological polar surface area (TPSA) is 128 Å². The molecule has 1 N–H and O–H groups in total. The Balaban J connectivity index is 1.33. The summed E-state index contributed by atoms with van der Waals surface area (Å²) in [4.78, 5) is 32.0. The van der Waals surface area contributed by atoms with Crippen LogP contribution in [-0.2, 0) is 17.9 Å². The third kappa shape index (κ3) is 3.55. The van der Waals surface area contributed by atoms with E-state index < -0.39 is 11.7 Å².